The minimum absolute atomic E-state index is 0.0280. The molecule has 0 radical (unpaired) electrons. The second-order valence-electron chi connectivity index (χ2n) is 11.6. The van der Waals surface area contributed by atoms with Crippen LogP contribution in [0.4, 0.5) is 65.0 Å². The maximum Gasteiger partial charge on any atom is 0.516 e. The number of fused-ring (bicyclic) bond motifs is 2. The second kappa shape index (κ2) is 16.3. The number of halogens is 6. The minimum atomic E-state index is -5.60. The van der Waals surface area contributed by atoms with E-state index < -0.39 is 31.1 Å². The molecular formula is C28H33F6N11O4S4. The molecule has 290 valence electrons. The number of nitrogens with zero attached hydrogens (tertiary/aromatic N) is 8. The van der Waals surface area contributed by atoms with Gasteiger partial charge < -0.3 is 15.5 Å². The van der Waals surface area contributed by atoms with Crippen LogP contribution in [0.15, 0.2) is 51.6 Å². The summed E-state index contributed by atoms with van der Waals surface area (Å²) in [5, 5.41) is 22.6. The van der Waals surface area contributed by atoms with Crippen LogP contribution in [0.3, 0.4) is 0 Å². The number of alkyl halides is 6. The fourth-order valence-corrected chi connectivity index (χ4v) is 6.76. The molecule has 15 nitrogen and oxygen atoms in total. The molecule has 2 aliphatic heterocycles. The number of hydrogen-bond donors (Lipinski definition) is 3. The maximum absolute atomic E-state index is 12.8. The van der Waals surface area contributed by atoms with E-state index in [0.717, 1.165) is 47.4 Å². The normalized spacial score (nSPS) is 17.5. The van der Waals surface area contributed by atoms with E-state index in [2.05, 4.69) is 30.6 Å². The van der Waals surface area contributed by atoms with Gasteiger partial charge in [0.15, 0.2) is 0 Å². The predicted molar refractivity (Wildman–Crippen MR) is 191 cm³/mol. The third-order valence-corrected chi connectivity index (χ3v) is 11.4. The predicted octanol–water partition coefficient (Wildman–Crippen LogP) is 6.83. The summed E-state index contributed by atoms with van der Waals surface area (Å²) in [5.74, 6) is 0. The number of anilines is 5. The van der Waals surface area contributed by atoms with Crippen molar-refractivity contribution in [3.63, 3.8) is 0 Å². The van der Waals surface area contributed by atoms with Crippen molar-refractivity contribution in [2.24, 2.45) is 10.2 Å². The van der Waals surface area contributed by atoms with Gasteiger partial charge in [0.2, 0.25) is 5.13 Å². The average molecular weight is 830 g/mol. The second-order valence-corrected chi connectivity index (χ2v) is 16.7. The van der Waals surface area contributed by atoms with Crippen LogP contribution in [0.1, 0.15) is 37.8 Å². The van der Waals surface area contributed by atoms with Crippen LogP contribution >= 0.6 is 22.7 Å². The molecule has 0 amide bonds. The summed E-state index contributed by atoms with van der Waals surface area (Å²) in [6.07, 6.45) is 3.32. The quantitative estimate of drug-likeness (QED) is 0.136. The SMILES string of the molecule is CC1CCc2cc(N=Nc3nncs3)c(NS(=O)(=O)C(F)(F)F)cc2N1C.CC1CCc2ccc(NS(=O)(=O)C(F)(F)F)cc2N1C.Nc1nncs1. The molecule has 2 unspecified atom stereocenters. The Morgan fingerprint density at radius 3 is 1.83 bits per heavy atom. The highest BCUT2D eigenvalue weighted by molar-refractivity contribution is 7.93. The third kappa shape index (κ3) is 10.4. The van der Waals surface area contributed by atoms with Gasteiger partial charge in [-0.3, -0.25) is 9.44 Å². The van der Waals surface area contributed by atoms with E-state index in [4.69, 9.17) is 5.73 Å². The lowest BCUT2D eigenvalue weighted by molar-refractivity contribution is -0.0435. The lowest BCUT2D eigenvalue weighted by Crippen LogP contribution is -2.34. The topological polar surface area (TPSA) is 201 Å². The van der Waals surface area contributed by atoms with Crippen LogP contribution in [0.25, 0.3) is 0 Å². The first-order chi connectivity index (χ1) is 24.6. The molecule has 2 aromatic carbocycles. The molecule has 2 aliphatic rings. The van der Waals surface area contributed by atoms with E-state index in [9.17, 15) is 43.2 Å². The van der Waals surface area contributed by atoms with E-state index in [1.807, 2.05) is 30.7 Å². The Labute approximate surface area is 308 Å². The molecule has 2 atom stereocenters. The van der Waals surface area contributed by atoms with Gasteiger partial charge >= 0.3 is 31.1 Å². The summed E-state index contributed by atoms with van der Waals surface area (Å²) in [6, 6.07) is 7.76. The highest BCUT2D eigenvalue weighted by Gasteiger charge is 2.47. The summed E-state index contributed by atoms with van der Waals surface area (Å²) in [7, 11) is -7.34. The van der Waals surface area contributed by atoms with Crippen molar-refractivity contribution in [2.45, 2.75) is 62.6 Å². The maximum atomic E-state index is 12.8. The van der Waals surface area contributed by atoms with Crippen LogP contribution in [-0.4, -0.2) is 74.4 Å². The summed E-state index contributed by atoms with van der Waals surface area (Å²) < 4.78 is 124. The fraction of sp³-hybridized carbons (Fsp3) is 0.429. The van der Waals surface area contributed by atoms with Crippen molar-refractivity contribution >= 4 is 81.4 Å². The van der Waals surface area contributed by atoms with Crippen LogP contribution in [-0.2, 0) is 32.9 Å². The van der Waals surface area contributed by atoms with Gasteiger partial charge in [0, 0.05) is 37.6 Å². The number of nitrogens with two attached hydrogens (primary N) is 1. The summed E-state index contributed by atoms with van der Waals surface area (Å²) >= 11 is 2.42. The van der Waals surface area contributed by atoms with E-state index in [1.54, 1.807) is 28.1 Å². The number of rotatable bonds is 6. The Hall–Kier alpha value is -4.36. The average Bonchev–Trinajstić information content (AvgIpc) is 3.78. The largest absolute Gasteiger partial charge is 0.516 e. The first kappa shape index (κ1) is 41.4. The number of hydrogen-bond acceptors (Lipinski definition) is 15. The number of benzene rings is 2. The van der Waals surface area contributed by atoms with Crippen molar-refractivity contribution < 1.29 is 43.2 Å². The monoisotopic (exact) mass is 829 g/mol. The van der Waals surface area contributed by atoms with Gasteiger partial charge in [-0.15, -0.1) is 30.6 Å². The zero-order chi connectivity index (χ0) is 39.4. The molecule has 6 rings (SSSR count). The molecule has 25 heteroatoms. The van der Waals surface area contributed by atoms with Crippen molar-refractivity contribution in [3.8, 4) is 0 Å². The van der Waals surface area contributed by atoms with Gasteiger partial charge in [-0.25, -0.2) is 0 Å². The molecule has 53 heavy (non-hydrogen) atoms. The molecule has 0 fully saturated rings. The molecule has 0 aliphatic carbocycles. The zero-order valence-corrected chi connectivity index (χ0v) is 31.5. The number of aromatic nitrogens is 4. The molecule has 4 heterocycles. The number of sulfonamides is 2. The van der Waals surface area contributed by atoms with Crippen molar-refractivity contribution in [3.05, 3.63) is 52.5 Å². The Morgan fingerprint density at radius 1 is 0.774 bits per heavy atom. The molecule has 2 aromatic heterocycles. The van der Waals surface area contributed by atoms with E-state index in [1.165, 1.54) is 41.1 Å². The Balaban J connectivity index is 0.000000210. The van der Waals surface area contributed by atoms with Gasteiger partial charge in [0.1, 0.15) is 16.7 Å². The molecule has 0 spiro atoms. The van der Waals surface area contributed by atoms with E-state index in [-0.39, 0.29) is 34.3 Å². The van der Waals surface area contributed by atoms with Crippen molar-refractivity contribution in [1.29, 1.82) is 0 Å². The molecule has 4 aromatic rings. The molecule has 0 saturated heterocycles. The van der Waals surface area contributed by atoms with Gasteiger partial charge in [0.05, 0.1) is 11.4 Å². The number of aryl methyl sites for hydroxylation is 2. The van der Waals surface area contributed by atoms with Crippen LogP contribution in [0.5, 0.6) is 0 Å². The van der Waals surface area contributed by atoms with E-state index >= 15 is 0 Å². The van der Waals surface area contributed by atoms with Crippen molar-refractivity contribution in [1.82, 2.24) is 20.4 Å². The number of nitrogens with one attached hydrogen (secondary N) is 2. The standard InChI is InChI=1S/C14H15F3N6O2S2.C12H15F3N2O2S.C2H3N3S/c1-8-3-4-9-5-10(19-21-13-20-18-7-26-13)11(6-12(9)23(8)2)22-27(24,25)14(15,16)17;1-8-3-4-9-5-6-10(7-11(9)17(8)2)16-20(18,19)12(13,14)15;3-2-5-4-1-6-2/h5-8,22H,3-4H2,1-2H3;5-8,16H,3-4H2,1-2H3;1H,(H2,3,5). The summed E-state index contributed by atoms with van der Waals surface area (Å²) in [4.78, 5) is 3.82. The van der Waals surface area contributed by atoms with Gasteiger partial charge in [-0.05, 0) is 74.9 Å². The molecule has 4 N–H and O–H groups in total. The lowest BCUT2D eigenvalue weighted by Gasteiger charge is -2.34. The Morgan fingerprint density at radius 2 is 1.32 bits per heavy atom. The van der Waals surface area contributed by atoms with E-state index in [0.29, 0.717) is 17.2 Å². The zero-order valence-electron chi connectivity index (χ0n) is 28.2. The Bertz CT molecular complexity index is 2100. The van der Waals surface area contributed by atoms with Gasteiger partial charge in [0.25, 0.3) is 5.13 Å². The van der Waals surface area contributed by atoms with Gasteiger partial charge in [-0.1, -0.05) is 28.7 Å². The van der Waals surface area contributed by atoms with Crippen LogP contribution in [0, 0.1) is 0 Å². The first-order valence-electron chi connectivity index (χ1n) is 15.2. The van der Waals surface area contributed by atoms with Crippen LogP contribution < -0.4 is 25.0 Å². The summed E-state index contributed by atoms with van der Waals surface area (Å²) in [6.45, 7) is 3.99. The number of nitrogen functional groups attached to an aromatic ring is 1. The Kier molecular flexibility index (Phi) is 12.8. The lowest BCUT2D eigenvalue weighted by atomic mass is 9.96. The first-order valence-corrected chi connectivity index (χ1v) is 20.0. The number of azo groups is 1. The van der Waals surface area contributed by atoms with Crippen molar-refractivity contribution in [2.75, 3.05) is 39.1 Å². The fourth-order valence-electron chi connectivity index (χ4n) is 4.98. The molecular weight excluding hydrogens is 797 g/mol. The highest BCUT2D eigenvalue weighted by Crippen LogP contribution is 2.40. The molecule has 0 saturated carbocycles. The highest BCUT2D eigenvalue weighted by atomic mass is 32.2. The summed E-state index contributed by atoms with van der Waals surface area (Å²) in [5.41, 5.74) is 0.198. The van der Waals surface area contributed by atoms with Crippen LogP contribution in [0.2, 0.25) is 0 Å². The van der Waals surface area contributed by atoms with Gasteiger partial charge in [-0.2, -0.15) is 43.2 Å². The molecule has 0 bridgehead atoms. The third-order valence-electron chi connectivity index (χ3n) is 8.10. The minimum Gasteiger partial charge on any atom is -0.374 e. The smallest absolute Gasteiger partial charge is 0.374 e.